The maximum atomic E-state index is 13.2. The van der Waals surface area contributed by atoms with E-state index in [0.29, 0.717) is 22.8 Å². The summed E-state index contributed by atoms with van der Waals surface area (Å²) >= 11 is 0. The maximum absolute atomic E-state index is 13.2. The van der Waals surface area contributed by atoms with Gasteiger partial charge in [0.25, 0.3) is 5.91 Å². The van der Waals surface area contributed by atoms with Gasteiger partial charge in [-0.1, -0.05) is 37.3 Å². The van der Waals surface area contributed by atoms with Gasteiger partial charge in [-0.25, -0.2) is 4.98 Å². The number of ether oxygens (including phenoxy) is 2. The second-order valence-electron chi connectivity index (χ2n) is 7.15. The molecule has 0 saturated carbocycles. The first-order valence-corrected chi connectivity index (χ1v) is 10.2. The first-order valence-electron chi connectivity index (χ1n) is 10.2. The molecule has 0 atom stereocenters. The lowest BCUT2D eigenvalue weighted by molar-refractivity contribution is 0.102. The number of pyridine rings is 1. The number of amides is 1. The zero-order valence-electron chi connectivity index (χ0n) is 17.8. The van der Waals surface area contributed by atoms with E-state index in [9.17, 15) is 4.79 Å². The molecule has 4 aromatic rings. The monoisotopic (exact) mass is 412 g/mol. The highest BCUT2D eigenvalue weighted by molar-refractivity contribution is 6.13. The van der Waals surface area contributed by atoms with Crippen molar-refractivity contribution in [3.63, 3.8) is 0 Å². The summed E-state index contributed by atoms with van der Waals surface area (Å²) in [5, 5.41) is 3.81. The SMILES string of the molecule is CCc1ccc(NC(=O)c2cc(-c3ccc(OC)c(OC)c3)nc3ccccc23)cc1. The Kier molecular flexibility index (Phi) is 5.85. The van der Waals surface area contributed by atoms with Gasteiger partial charge in [-0.05, 0) is 54.4 Å². The smallest absolute Gasteiger partial charge is 0.256 e. The van der Waals surface area contributed by atoms with Gasteiger partial charge in [0.1, 0.15) is 0 Å². The molecule has 0 bridgehead atoms. The molecule has 1 heterocycles. The average Bonchev–Trinajstić information content (AvgIpc) is 2.83. The van der Waals surface area contributed by atoms with Gasteiger partial charge < -0.3 is 14.8 Å². The zero-order valence-corrected chi connectivity index (χ0v) is 17.8. The van der Waals surface area contributed by atoms with Crippen molar-refractivity contribution in [2.75, 3.05) is 19.5 Å². The van der Waals surface area contributed by atoms with Crippen LogP contribution < -0.4 is 14.8 Å². The summed E-state index contributed by atoms with van der Waals surface area (Å²) in [5.74, 6) is 1.07. The van der Waals surface area contributed by atoms with Gasteiger partial charge in [-0.15, -0.1) is 0 Å². The van der Waals surface area contributed by atoms with Crippen LogP contribution in [0, 0.1) is 0 Å². The molecule has 0 saturated heterocycles. The summed E-state index contributed by atoms with van der Waals surface area (Å²) in [7, 11) is 3.19. The van der Waals surface area contributed by atoms with Gasteiger partial charge in [0.15, 0.2) is 11.5 Å². The molecule has 0 fully saturated rings. The minimum absolute atomic E-state index is 0.176. The molecule has 1 amide bonds. The summed E-state index contributed by atoms with van der Waals surface area (Å²) in [6.07, 6.45) is 0.956. The fourth-order valence-electron chi connectivity index (χ4n) is 3.53. The van der Waals surface area contributed by atoms with E-state index in [1.165, 1.54) is 5.56 Å². The van der Waals surface area contributed by atoms with Crippen molar-refractivity contribution in [1.82, 2.24) is 4.98 Å². The molecule has 0 radical (unpaired) electrons. The van der Waals surface area contributed by atoms with Crippen LogP contribution in [0.1, 0.15) is 22.8 Å². The molecule has 156 valence electrons. The van der Waals surface area contributed by atoms with Crippen molar-refractivity contribution in [2.24, 2.45) is 0 Å². The average molecular weight is 412 g/mol. The number of aromatic nitrogens is 1. The molecule has 0 aliphatic rings. The van der Waals surface area contributed by atoms with Crippen molar-refractivity contribution in [3.8, 4) is 22.8 Å². The highest BCUT2D eigenvalue weighted by Gasteiger charge is 2.15. The van der Waals surface area contributed by atoms with Gasteiger partial charge in [0, 0.05) is 16.6 Å². The molecule has 0 unspecified atom stereocenters. The predicted molar refractivity (Wildman–Crippen MR) is 124 cm³/mol. The van der Waals surface area contributed by atoms with Crippen LogP contribution in [0.5, 0.6) is 11.5 Å². The number of carbonyl (C=O) groups is 1. The molecular formula is C26H24N2O3. The van der Waals surface area contributed by atoms with Crippen LogP contribution in [0.2, 0.25) is 0 Å². The molecule has 0 aliphatic carbocycles. The molecule has 5 heteroatoms. The van der Waals surface area contributed by atoms with Crippen LogP contribution in [0.15, 0.2) is 72.8 Å². The van der Waals surface area contributed by atoms with Gasteiger partial charge in [-0.3, -0.25) is 4.79 Å². The maximum Gasteiger partial charge on any atom is 0.256 e. The normalized spacial score (nSPS) is 10.7. The summed E-state index contributed by atoms with van der Waals surface area (Å²) in [5.41, 5.74) is 4.82. The largest absolute Gasteiger partial charge is 0.493 e. The minimum Gasteiger partial charge on any atom is -0.493 e. The predicted octanol–water partition coefficient (Wildman–Crippen LogP) is 5.73. The number of nitrogens with one attached hydrogen (secondary N) is 1. The lowest BCUT2D eigenvalue weighted by Gasteiger charge is -2.13. The van der Waals surface area contributed by atoms with Crippen LogP contribution in [0.4, 0.5) is 5.69 Å². The summed E-state index contributed by atoms with van der Waals surface area (Å²) in [6, 6.07) is 23.0. The van der Waals surface area contributed by atoms with Crippen LogP contribution >= 0.6 is 0 Å². The third-order valence-corrected chi connectivity index (χ3v) is 5.26. The fourth-order valence-corrected chi connectivity index (χ4v) is 3.53. The Morgan fingerprint density at radius 1 is 0.903 bits per heavy atom. The lowest BCUT2D eigenvalue weighted by Crippen LogP contribution is -2.13. The molecule has 1 N–H and O–H groups in total. The van der Waals surface area contributed by atoms with Gasteiger partial charge in [-0.2, -0.15) is 0 Å². The Morgan fingerprint density at radius 2 is 1.65 bits per heavy atom. The number of rotatable bonds is 6. The molecule has 0 spiro atoms. The van der Waals surface area contributed by atoms with Crippen molar-refractivity contribution in [2.45, 2.75) is 13.3 Å². The highest BCUT2D eigenvalue weighted by atomic mass is 16.5. The Labute approximate surface area is 181 Å². The number of hydrogen-bond donors (Lipinski definition) is 1. The molecule has 31 heavy (non-hydrogen) atoms. The van der Waals surface area contributed by atoms with Crippen LogP contribution in [-0.4, -0.2) is 25.1 Å². The Balaban J connectivity index is 1.77. The van der Waals surface area contributed by atoms with Crippen LogP contribution in [0.25, 0.3) is 22.2 Å². The number of para-hydroxylation sites is 1. The number of methoxy groups -OCH3 is 2. The van der Waals surface area contributed by atoms with E-state index in [4.69, 9.17) is 14.5 Å². The highest BCUT2D eigenvalue weighted by Crippen LogP contribution is 2.33. The Morgan fingerprint density at radius 3 is 2.35 bits per heavy atom. The van der Waals surface area contributed by atoms with Gasteiger partial charge in [0.05, 0.1) is 31.0 Å². The van der Waals surface area contributed by atoms with Gasteiger partial charge >= 0.3 is 0 Å². The van der Waals surface area contributed by atoms with Crippen molar-refractivity contribution in [1.29, 1.82) is 0 Å². The lowest BCUT2D eigenvalue weighted by atomic mass is 10.0. The molecular weight excluding hydrogens is 388 g/mol. The van der Waals surface area contributed by atoms with Crippen molar-refractivity contribution >= 4 is 22.5 Å². The standard InChI is InChI=1S/C26H24N2O3/c1-4-17-9-12-19(13-10-17)27-26(29)21-16-23(28-22-8-6-5-7-20(21)22)18-11-14-24(30-2)25(15-18)31-3/h5-16H,4H2,1-3H3,(H,27,29). The number of nitrogens with zero attached hydrogens (tertiary/aromatic N) is 1. The molecule has 5 nitrogen and oxygen atoms in total. The Bertz CT molecular complexity index is 1230. The van der Waals surface area contributed by atoms with Crippen LogP contribution in [0.3, 0.4) is 0 Å². The van der Waals surface area contributed by atoms with E-state index in [0.717, 1.165) is 28.6 Å². The number of benzene rings is 3. The third kappa shape index (κ3) is 4.21. The van der Waals surface area contributed by atoms with Crippen LogP contribution in [-0.2, 0) is 6.42 Å². The molecule has 3 aromatic carbocycles. The summed E-state index contributed by atoms with van der Waals surface area (Å²) < 4.78 is 10.8. The summed E-state index contributed by atoms with van der Waals surface area (Å²) in [6.45, 7) is 2.10. The Hall–Kier alpha value is -3.86. The molecule has 4 rings (SSSR count). The van der Waals surface area contributed by atoms with E-state index in [2.05, 4.69) is 12.2 Å². The molecule has 1 aromatic heterocycles. The van der Waals surface area contributed by atoms with Crippen molar-refractivity contribution in [3.05, 3.63) is 83.9 Å². The first kappa shape index (κ1) is 20.4. The van der Waals surface area contributed by atoms with E-state index in [-0.39, 0.29) is 5.91 Å². The first-order chi connectivity index (χ1) is 15.1. The van der Waals surface area contributed by atoms with E-state index < -0.39 is 0 Å². The molecule has 0 aliphatic heterocycles. The zero-order chi connectivity index (χ0) is 21.8. The second kappa shape index (κ2) is 8.88. The number of fused-ring (bicyclic) bond motifs is 1. The van der Waals surface area contributed by atoms with Gasteiger partial charge in [0.2, 0.25) is 0 Å². The second-order valence-corrected chi connectivity index (χ2v) is 7.15. The van der Waals surface area contributed by atoms with E-state index in [1.54, 1.807) is 14.2 Å². The topological polar surface area (TPSA) is 60.5 Å². The number of hydrogen-bond acceptors (Lipinski definition) is 4. The summed E-state index contributed by atoms with van der Waals surface area (Å²) in [4.78, 5) is 18.0. The minimum atomic E-state index is -0.176. The number of carbonyl (C=O) groups excluding carboxylic acids is 1. The quantitative estimate of drug-likeness (QED) is 0.439. The van der Waals surface area contributed by atoms with Crippen molar-refractivity contribution < 1.29 is 14.3 Å². The van der Waals surface area contributed by atoms with E-state index >= 15 is 0 Å². The number of anilines is 1. The number of aryl methyl sites for hydroxylation is 1. The fraction of sp³-hybridized carbons (Fsp3) is 0.154. The van der Waals surface area contributed by atoms with E-state index in [1.807, 2.05) is 72.8 Å². The third-order valence-electron chi connectivity index (χ3n) is 5.26.